The molecule has 13 heteroatoms. The largest absolute Gasteiger partial charge is 0.417 e. The Kier molecular flexibility index (Phi) is 9.26. The number of alkyl halides is 5. The Balaban J connectivity index is 0.000000232. The summed E-state index contributed by atoms with van der Waals surface area (Å²) in [4.78, 5) is 15.8. The van der Waals surface area contributed by atoms with Gasteiger partial charge < -0.3 is 15.1 Å². The summed E-state index contributed by atoms with van der Waals surface area (Å²) in [7, 11) is 1.79. The maximum Gasteiger partial charge on any atom is 0.417 e. The summed E-state index contributed by atoms with van der Waals surface area (Å²) in [5.41, 5.74) is 4.79. The Morgan fingerprint density at radius 1 is 1.05 bits per heavy atom. The summed E-state index contributed by atoms with van der Waals surface area (Å²) < 4.78 is 106. The number of carbonyl (C=O) groups excluding carboxylic acids is 1. The number of benzene rings is 2. The molecular formula is C25H24F8N4O. The van der Waals surface area contributed by atoms with Crippen LogP contribution in [-0.4, -0.2) is 40.4 Å². The van der Waals surface area contributed by atoms with Crippen LogP contribution in [0, 0.1) is 17.5 Å². The smallest absolute Gasteiger partial charge is 0.327 e. The van der Waals surface area contributed by atoms with Gasteiger partial charge in [0.1, 0.15) is 12.1 Å². The zero-order chi connectivity index (χ0) is 28.2. The number of halogens is 8. The van der Waals surface area contributed by atoms with Gasteiger partial charge in [-0.3, -0.25) is 4.90 Å². The lowest BCUT2D eigenvalue weighted by Gasteiger charge is -2.26. The maximum absolute atomic E-state index is 13.2. The van der Waals surface area contributed by atoms with E-state index in [0.29, 0.717) is 24.6 Å². The quantitative estimate of drug-likeness (QED) is 0.251. The van der Waals surface area contributed by atoms with Gasteiger partial charge in [0.2, 0.25) is 0 Å². The van der Waals surface area contributed by atoms with Crippen molar-refractivity contribution in [2.24, 2.45) is 5.73 Å². The third-order valence-electron chi connectivity index (χ3n) is 5.88. The SMILES string of the molecule is CN1CCn2c(C(F)F)nc(-c3ccccc3C(F)(F)F)c2C1.NC(CC=O)Cc1cc(F)c(F)cc1F. The lowest BCUT2D eigenvalue weighted by Crippen LogP contribution is -2.31. The predicted molar refractivity (Wildman–Crippen MR) is 123 cm³/mol. The Morgan fingerprint density at radius 3 is 2.34 bits per heavy atom. The lowest BCUT2D eigenvalue weighted by molar-refractivity contribution is -0.137. The van der Waals surface area contributed by atoms with E-state index in [-0.39, 0.29) is 42.8 Å². The zero-order valence-electron chi connectivity index (χ0n) is 20.1. The summed E-state index contributed by atoms with van der Waals surface area (Å²) in [5.74, 6) is -3.68. The lowest BCUT2D eigenvalue weighted by atomic mass is 10.0. The molecule has 4 rings (SSSR count). The monoisotopic (exact) mass is 548 g/mol. The van der Waals surface area contributed by atoms with Gasteiger partial charge in [0, 0.05) is 43.7 Å². The Hall–Kier alpha value is -3.32. The number of likely N-dealkylation sites (N-methyl/N-ethyl adjacent to an activating group) is 1. The van der Waals surface area contributed by atoms with Crippen LogP contribution in [0.3, 0.4) is 0 Å². The molecule has 0 fully saturated rings. The first kappa shape index (κ1) is 29.2. The molecule has 0 saturated heterocycles. The average Bonchev–Trinajstić information content (AvgIpc) is 3.21. The maximum atomic E-state index is 13.2. The molecule has 5 nitrogen and oxygen atoms in total. The molecule has 0 spiro atoms. The van der Waals surface area contributed by atoms with E-state index in [1.54, 1.807) is 7.05 Å². The van der Waals surface area contributed by atoms with Crippen LogP contribution in [-0.2, 0) is 30.5 Å². The van der Waals surface area contributed by atoms with Gasteiger partial charge in [-0.25, -0.2) is 26.9 Å². The molecule has 206 valence electrons. The summed E-state index contributed by atoms with van der Waals surface area (Å²) in [6.45, 7) is 1.11. The van der Waals surface area contributed by atoms with Crippen molar-refractivity contribution in [1.29, 1.82) is 0 Å². The third kappa shape index (κ3) is 6.76. The molecule has 1 aliphatic rings. The van der Waals surface area contributed by atoms with Gasteiger partial charge in [0.05, 0.1) is 17.0 Å². The van der Waals surface area contributed by atoms with E-state index in [4.69, 9.17) is 5.73 Å². The molecule has 0 amide bonds. The fourth-order valence-corrected chi connectivity index (χ4v) is 4.05. The number of hydrogen-bond acceptors (Lipinski definition) is 4. The first-order valence-electron chi connectivity index (χ1n) is 11.4. The molecule has 1 unspecified atom stereocenters. The molecule has 0 radical (unpaired) electrons. The minimum absolute atomic E-state index is 0.00176. The van der Waals surface area contributed by atoms with E-state index >= 15 is 0 Å². The first-order valence-corrected chi connectivity index (χ1v) is 11.4. The number of nitrogens with zero attached hydrogens (tertiary/aromatic N) is 3. The van der Waals surface area contributed by atoms with Crippen molar-refractivity contribution in [1.82, 2.24) is 14.5 Å². The third-order valence-corrected chi connectivity index (χ3v) is 5.88. The Labute approximate surface area is 212 Å². The number of fused-ring (bicyclic) bond motifs is 1. The second-order valence-electron chi connectivity index (χ2n) is 8.72. The summed E-state index contributed by atoms with van der Waals surface area (Å²) in [5, 5.41) is 0. The molecule has 2 aromatic carbocycles. The van der Waals surface area contributed by atoms with E-state index in [1.807, 2.05) is 4.90 Å². The van der Waals surface area contributed by atoms with Crippen LogP contribution >= 0.6 is 0 Å². The van der Waals surface area contributed by atoms with Crippen molar-refractivity contribution < 1.29 is 39.9 Å². The van der Waals surface area contributed by atoms with E-state index in [0.717, 1.165) is 12.1 Å². The van der Waals surface area contributed by atoms with Gasteiger partial charge in [0.25, 0.3) is 6.43 Å². The highest BCUT2D eigenvalue weighted by Gasteiger charge is 2.36. The molecule has 0 saturated carbocycles. The van der Waals surface area contributed by atoms with Crippen LogP contribution in [0.25, 0.3) is 11.3 Å². The van der Waals surface area contributed by atoms with E-state index < -0.39 is 47.5 Å². The van der Waals surface area contributed by atoms with Crippen LogP contribution in [0.5, 0.6) is 0 Å². The molecule has 1 atom stereocenters. The minimum Gasteiger partial charge on any atom is -0.327 e. The van der Waals surface area contributed by atoms with Crippen LogP contribution in [0.15, 0.2) is 36.4 Å². The number of rotatable bonds is 6. The molecular weight excluding hydrogens is 524 g/mol. The number of carbonyl (C=O) groups is 1. The standard InChI is InChI=1S/C15H14F5N3.C10H10F3NO/c1-22-6-7-23-11(8-22)12(21-14(23)13(16)17)9-4-2-3-5-10(9)15(18,19)20;11-8-5-10(13)9(12)4-6(8)3-7(14)1-2-15/h2-5,13H,6-8H2,1H3;2,4-5,7H,1,3,14H2. The topological polar surface area (TPSA) is 64.2 Å². The Bertz CT molecular complexity index is 1270. The van der Waals surface area contributed by atoms with Gasteiger partial charge in [-0.1, -0.05) is 18.2 Å². The van der Waals surface area contributed by atoms with Crippen LogP contribution in [0.1, 0.15) is 35.5 Å². The second-order valence-corrected chi connectivity index (χ2v) is 8.72. The van der Waals surface area contributed by atoms with Gasteiger partial charge in [-0.05, 0) is 31.2 Å². The van der Waals surface area contributed by atoms with Crippen LogP contribution in [0.2, 0.25) is 0 Å². The molecule has 0 bridgehead atoms. The highest BCUT2D eigenvalue weighted by Crippen LogP contribution is 2.39. The molecule has 2 N–H and O–H groups in total. The van der Waals surface area contributed by atoms with E-state index in [1.165, 1.54) is 22.8 Å². The Morgan fingerprint density at radius 2 is 1.71 bits per heavy atom. The zero-order valence-corrected chi connectivity index (χ0v) is 20.1. The fourth-order valence-electron chi connectivity index (χ4n) is 4.05. The van der Waals surface area contributed by atoms with Crippen molar-refractivity contribution in [3.8, 4) is 11.3 Å². The van der Waals surface area contributed by atoms with E-state index in [2.05, 4.69) is 4.98 Å². The average molecular weight is 548 g/mol. The molecule has 38 heavy (non-hydrogen) atoms. The van der Waals surface area contributed by atoms with E-state index in [9.17, 15) is 39.9 Å². The van der Waals surface area contributed by atoms with Crippen molar-refractivity contribution in [3.05, 3.63) is 76.5 Å². The summed E-state index contributed by atoms with van der Waals surface area (Å²) in [6.07, 6.45) is -6.75. The first-order chi connectivity index (χ1) is 17.8. The second kappa shape index (κ2) is 12.0. The molecule has 2 heterocycles. The van der Waals surface area contributed by atoms with Gasteiger partial charge in [0.15, 0.2) is 17.5 Å². The number of aromatic nitrogens is 2. The van der Waals surface area contributed by atoms with Crippen LogP contribution < -0.4 is 5.73 Å². The minimum atomic E-state index is -4.57. The number of aldehydes is 1. The fraction of sp³-hybridized carbons (Fsp3) is 0.360. The normalized spacial score (nSPS) is 14.6. The molecule has 1 aromatic heterocycles. The van der Waals surface area contributed by atoms with Crippen molar-refractivity contribution >= 4 is 6.29 Å². The summed E-state index contributed by atoms with van der Waals surface area (Å²) >= 11 is 0. The van der Waals surface area contributed by atoms with Crippen LogP contribution in [0.4, 0.5) is 35.1 Å². The number of nitrogens with two attached hydrogens (primary N) is 1. The highest BCUT2D eigenvalue weighted by molar-refractivity contribution is 5.67. The molecule has 3 aromatic rings. The number of hydrogen-bond donors (Lipinski definition) is 1. The van der Waals surface area contributed by atoms with Crippen molar-refractivity contribution in [3.63, 3.8) is 0 Å². The van der Waals surface area contributed by atoms with Crippen molar-refractivity contribution in [2.45, 2.75) is 44.6 Å². The molecule has 0 aliphatic carbocycles. The van der Waals surface area contributed by atoms with Gasteiger partial charge in [-0.2, -0.15) is 13.2 Å². The summed E-state index contributed by atoms with van der Waals surface area (Å²) in [6, 6.07) is 5.58. The highest BCUT2D eigenvalue weighted by atomic mass is 19.4. The molecule has 1 aliphatic heterocycles. The number of imidazole rings is 1. The van der Waals surface area contributed by atoms with Gasteiger partial charge >= 0.3 is 6.18 Å². The van der Waals surface area contributed by atoms with Gasteiger partial charge in [-0.15, -0.1) is 0 Å². The van der Waals surface area contributed by atoms with Crippen molar-refractivity contribution in [2.75, 3.05) is 13.6 Å². The predicted octanol–water partition coefficient (Wildman–Crippen LogP) is 5.51.